The maximum atomic E-state index is 10.8. The van der Waals surface area contributed by atoms with E-state index in [-0.39, 0.29) is 11.5 Å². The van der Waals surface area contributed by atoms with Crippen molar-refractivity contribution in [2.24, 2.45) is 17.3 Å². The number of methoxy groups -OCH3 is 1. The van der Waals surface area contributed by atoms with Crippen LogP contribution in [0.25, 0.3) is 0 Å². The lowest BCUT2D eigenvalue weighted by molar-refractivity contribution is -0.0441. The summed E-state index contributed by atoms with van der Waals surface area (Å²) in [7, 11) is 1.76. The van der Waals surface area contributed by atoms with E-state index < -0.39 is 0 Å². The molecule has 132 valence electrons. The fraction of sp³-hybridized carbons (Fsp3) is 0.727. The number of benzene rings is 1. The van der Waals surface area contributed by atoms with Crippen LogP contribution in [0, 0.1) is 17.3 Å². The zero-order chi connectivity index (χ0) is 16.7. The van der Waals surface area contributed by atoms with Crippen LogP contribution in [0.4, 0.5) is 0 Å². The fourth-order valence-corrected chi connectivity index (χ4v) is 6.45. The van der Waals surface area contributed by atoms with E-state index in [1.807, 2.05) is 0 Å². The lowest BCUT2D eigenvalue weighted by atomic mass is 9.53. The minimum atomic E-state index is -0.0488. The van der Waals surface area contributed by atoms with Gasteiger partial charge in [-0.15, -0.1) is 0 Å². The molecule has 0 aromatic heterocycles. The second-order valence-corrected chi connectivity index (χ2v) is 8.45. The van der Waals surface area contributed by atoms with E-state index in [4.69, 9.17) is 4.74 Å². The van der Waals surface area contributed by atoms with Crippen molar-refractivity contribution in [3.8, 4) is 5.75 Å². The van der Waals surface area contributed by atoms with Gasteiger partial charge in [0, 0.05) is 0 Å². The zero-order valence-electron chi connectivity index (χ0n) is 15.3. The number of unbranched alkanes of at least 4 members (excludes halogenated alkanes) is 1. The first-order valence-electron chi connectivity index (χ1n) is 10.0. The minimum absolute atomic E-state index is 0.0488. The van der Waals surface area contributed by atoms with Gasteiger partial charge in [0.15, 0.2) is 0 Å². The molecule has 1 N–H and O–H groups in total. The smallest absolute Gasteiger partial charge is 0.119 e. The van der Waals surface area contributed by atoms with Gasteiger partial charge < -0.3 is 9.84 Å². The Morgan fingerprint density at radius 2 is 2.08 bits per heavy atom. The molecule has 0 aliphatic heterocycles. The predicted molar refractivity (Wildman–Crippen MR) is 97.5 cm³/mol. The van der Waals surface area contributed by atoms with E-state index in [1.54, 1.807) is 12.7 Å². The van der Waals surface area contributed by atoms with Crippen molar-refractivity contribution in [2.75, 3.05) is 7.11 Å². The SMILES string of the molecule is CCCC[C@]12CC[C@@H]3c4ccc(OC)cc4CC[C@H]3[C@@H]1CC[C@@H]2O. The fourth-order valence-electron chi connectivity index (χ4n) is 6.45. The van der Waals surface area contributed by atoms with E-state index in [9.17, 15) is 5.11 Å². The van der Waals surface area contributed by atoms with Crippen molar-refractivity contribution >= 4 is 0 Å². The van der Waals surface area contributed by atoms with E-state index >= 15 is 0 Å². The number of hydrogen-bond acceptors (Lipinski definition) is 2. The molecular formula is C22H32O2. The topological polar surface area (TPSA) is 29.5 Å². The van der Waals surface area contributed by atoms with Crippen LogP contribution >= 0.6 is 0 Å². The average Bonchev–Trinajstić information content (AvgIpc) is 2.96. The Bertz CT molecular complexity index is 596. The molecular weight excluding hydrogens is 296 g/mol. The molecule has 5 atom stereocenters. The number of ether oxygens (including phenoxy) is 1. The summed E-state index contributed by atoms with van der Waals surface area (Å²) in [6, 6.07) is 6.73. The molecule has 0 saturated heterocycles. The number of aliphatic hydroxyl groups excluding tert-OH is 1. The first-order valence-corrected chi connectivity index (χ1v) is 10.0. The van der Waals surface area contributed by atoms with Crippen LogP contribution < -0.4 is 4.74 Å². The quantitative estimate of drug-likeness (QED) is 0.835. The summed E-state index contributed by atoms with van der Waals surface area (Å²) < 4.78 is 5.43. The summed E-state index contributed by atoms with van der Waals surface area (Å²) in [6.45, 7) is 2.28. The van der Waals surface area contributed by atoms with Gasteiger partial charge in [-0.3, -0.25) is 0 Å². The van der Waals surface area contributed by atoms with Crippen molar-refractivity contribution in [1.29, 1.82) is 0 Å². The molecule has 0 amide bonds. The Balaban J connectivity index is 1.64. The standard InChI is InChI=1S/C22H32O2/c1-3-4-12-22-13-11-18-17-8-6-16(24-2)14-15(17)5-7-19(18)20(22)9-10-21(22)23/h6,8,14,18-21,23H,3-5,7,9-13H2,1-2H3/t18-,19-,20+,21+,22+/m1/s1. The Labute approximate surface area is 146 Å². The summed E-state index contributed by atoms with van der Waals surface area (Å²) in [5.41, 5.74) is 3.33. The minimum Gasteiger partial charge on any atom is -0.497 e. The third-order valence-corrected chi connectivity index (χ3v) is 7.60. The predicted octanol–water partition coefficient (Wildman–Crippen LogP) is 5.08. The normalized spacial score (nSPS) is 37.5. The second kappa shape index (κ2) is 6.37. The lowest BCUT2D eigenvalue weighted by Crippen LogP contribution is -2.45. The van der Waals surface area contributed by atoms with E-state index in [2.05, 4.69) is 25.1 Å². The largest absolute Gasteiger partial charge is 0.497 e. The Kier molecular flexibility index (Phi) is 4.36. The molecule has 2 heteroatoms. The van der Waals surface area contributed by atoms with Gasteiger partial charge >= 0.3 is 0 Å². The van der Waals surface area contributed by atoms with Crippen molar-refractivity contribution in [1.82, 2.24) is 0 Å². The highest BCUT2D eigenvalue weighted by atomic mass is 16.5. The average molecular weight is 328 g/mol. The molecule has 3 aliphatic carbocycles. The van der Waals surface area contributed by atoms with Gasteiger partial charge in [-0.25, -0.2) is 0 Å². The first kappa shape index (κ1) is 16.4. The van der Waals surface area contributed by atoms with Gasteiger partial charge in [-0.1, -0.05) is 25.8 Å². The van der Waals surface area contributed by atoms with Gasteiger partial charge in [0.05, 0.1) is 13.2 Å². The first-order chi connectivity index (χ1) is 11.7. The third-order valence-electron chi connectivity index (χ3n) is 7.60. The van der Waals surface area contributed by atoms with E-state index in [0.29, 0.717) is 5.92 Å². The van der Waals surface area contributed by atoms with Gasteiger partial charge in [0.25, 0.3) is 0 Å². The van der Waals surface area contributed by atoms with Crippen LogP contribution in [-0.4, -0.2) is 18.3 Å². The number of aryl methyl sites for hydroxylation is 1. The molecule has 0 heterocycles. The summed E-state index contributed by atoms with van der Waals surface area (Å²) in [6.07, 6.45) is 11.0. The molecule has 0 spiro atoms. The summed E-state index contributed by atoms with van der Waals surface area (Å²) in [4.78, 5) is 0. The van der Waals surface area contributed by atoms with Gasteiger partial charge in [-0.05, 0) is 91.4 Å². The number of aliphatic hydroxyl groups is 1. The number of rotatable bonds is 4. The van der Waals surface area contributed by atoms with Gasteiger partial charge in [0.2, 0.25) is 0 Å². The molecule has 0 bridgehead atoms. The monoisotopic (exact) mass is 328 g/mol. The van der Waals surface area contributed by atoms with Crippen molar-refractivity contribution < 1.29 is 9.84 Å². The maximum Gasteiger partial charge on any atom is 0.119 e. The van der Waals surface area contributed by atoms with Crippen LogP contribution in [-0.2, 0) is 6.42 Å². The Morgan fingerprint density at radius 3 is 2.88 bits per heavy atom. The highest BCUT2D eigenvalue weighted by Crippen LogP contribution is 2.62. The molecule has 3 aliphatic rings. The number of hydrogen-bond donors (Lipinski definition) is 1. The van der Waals surface area contributed by atoms with Crippen LogP contribution in [0.15, 0.2) is 18.2 Å². The Hall–Kier alpha value is -1.02. The van der Waals surface area contributed by atoms with E-state index in [1.165, 1.54) is 56.9 Å². The summed E-state index contributed by atoms with van der Waals surface area (Å²) in [5, 5.41) is 10.8. The van der Waals surface area contributed by atoms with Gasteiger partial charge in [0.1, 0.15) is 5.75 Å². The van der Waals surface area contributed by atoms with Crippen LogP contribution in [0.1, 0.15) is 75.3 Å². The van der Waals surface area contributed by atoms with Gasteiger partial charge in [-0.2, -0.15) is 0 Å². The highest BCUT2D eigenvalue weighted by molar-refractivity contribution is 5.40. The Morgan fingerprint density at radius 1 is 1.21 bits per heavy atom. The molecule has 0 unspecified atom stereocenters. The summed E-state index contributed by atoms with van der Waals surface area (Å²) >= 11 is 0. The van der Waals surface area contributed by atoms with Crippen LogP contribution in [0.3, 0.4) is 0 Å². The molecule has 1 aromatic carbocycles. The zero-order valence-corrected chi connectivity index (χ0v) is 15.3. The van der Waals surface area contributed by atoms with Crippen molar-refractivity contribution in [3.05, 3.63) is 29.3 Å². The molecule has 24 heavy (non-hydrogen) atoms. The molecule has 2 saturated carbocycles. The molecule has 2 fully saturated rings. The second-order valence-electron chi connectivity index (χ2n) is 8.45. The maximum absolute atomic E-state index is 10.8. The van der Waals surface area contributed by atoms with Crippen LogP contribution in [0.2, 0.25) is 0 Å². The lowest BCUT2D eigenvalue weighted by Gasteiger charge is -2.52. The van der Waals surface area contributed by atoms with Crippen molar-refractivity contribution in [2.45, 2.75) is 76.7 Å². The molecule has 0 radical (unpaired) electrons. The highest BCUT2D eigenvalue weighted by Gasteiger charge is 2.56. The van der Waals surface area contributed by atoms with Crippen molar-refractivity contribution in [3.63, 3.8) is 0 Å². The van der Waals surface area contributed by atoms with Crippen LogP contribution in [0.5, 0.6) is 5.75 Å². The summed E-state index contributed by atoms with van der Waals surface area (Å²) in [5.74, 6) is 3.24. The molecule has 2 nitrogen and oxygen atoms in total. The van der Waals surface area contributed by atoms with E-state index in [0.717, 1.165) is 24.0 Å². The third kappa shape index (κ3) is 2.41. The molecule has 1 aromatic rings. The number of fused-ring (bicyclic) bond motifs is 5. The molecule has 4 rings (SSSR count).